The third-order valence-electron chi connectivity index (χ3n) is 2.95. The molecule has 1 saturated heterocycles. The Labute approximate surface area is 110 Å². The molecule has 0 spiro atoms. The molecule has 1 aliphatic heterocycles. The van der Waals surface area contributed by atoms with Gasteiger partial charge in [0.05, 0.1) is 0 Å². The number of amides is 1. The average molecular weight is 298 g/mol. The number of aryl methyl sites for hydroxylation is 1. The van der Waals surface area contributed by atoms with Gasteiger partial charge in [0.25, 0.3) is 5.91 Å². The molecule has 1 fully saturated rings. The van der Waals surface area contributed by atoms with E-state index in [1.807, 2.05) is 30.0 Å². The van der Waals surface area contributed by atoms with Crippen molar-refractivity contribution in [2.45, 2.75) is 19.8 Å². The highest BCUT2D eigenvalue weighted by Crippen LogP contribution is 2.22. The second kappa shape index (κ2) is 5.54. The summed E-state index contributed by atoms with van der Waals surface area (Å²) in [4.78, 5) is 13.7. The largest absolute Gasteiger partial charge is 0.483 e. The van der Waals surface area contributed by atoms with E-state index in [2.05, 4.69) is 15.9 Å². The number of hydrogen-bond acceptors (Lipinski definition) is 2. The highest BCUT2D eigenvalue weighted by molar-refractivity contribution is 9.10. The Morgan fingerprint density at radius 1 is 1.41 bits per heavy atom. The molecular formula is C13H16BrNO2. The van der Waals surface area contributed by atoms with E-state index in [0.717, 1.165) is 41.7 Å². The Bertz CT molecular complexity index is 414. The van der Waals surface area contributed by atoms with Crippen LogP contribution in [-0.4, -0.2) is 30.5 Å². The number of halogens is 1. The van der Waals surface area contributed by atoms with Crippen molar-refractivity contribution < 1.29 is 9.53 Å². The van der Waals surface area contributed by atoms with Gasteiger partial charge in [-0.2, -0.15) is 0 Å². The third kappa shape index (κ3) is 3.22. The lowest BCUT2D eigenvalue weighted by Gasteiger charge is -2.16. The molecule has 17 heavy (non-hydrogen) atoms. The van der Waals surface area contributed by atoms with E-state index >= 15 is 0 Å². The normalized spacial score (nSPS) is 15.1. The Hall–Kier alpha value is -1.03. The summed E-state index contributed by atoms with van der Waals surface area (Å²) in [7, 11) is 0. The number of carbonyl (C=O) groups excluding carboxylic acids is 1. The van der Waals surface area contributed by atoms with Crippen molar-refractivity contribution in [3.63, 3.8) is 0 Å². The van der Waals surface area contributed by atoms with Crippen LogP contribution in [0.5, 0.6) is 5.75 Å². The second-order valence-corrected chi connectivity index (χ2v) is 5.20. The maximum absolute atomic E-state index is 11.8. The van der Waals surface area contributed by atoms with E-state index < -0.39 is 0 Å². The number of benzene rings is 1. The average Bonchev–Trinajstić information content (AvgIpc) is 2.81. The van der Waals surface area contributed by atoms with Gasteiger partial charge in [-0.05, 0) is 43.5 Å². The van der Waals surface area contributed by atoms with Gasteiger partial charge in [0, 0.05) is 17.6 Å². The first-order valence-corrected chi connectivity index (χ1v) is 6.63. The maximum atomic E-state index is 11.8. The SMILES string of the molecule is Cc1cc(Br)ccc1OCC(=O)N1CCCC1. The molecule has 0 aromatic heterocycles. The Morgan fingerprint density at radius 3 is 2.76 bits per heavy atom. The summed E-state index contributed by atoms with van der Waals surface area (Å²) in [6, 6.07) is 5.79. The van der Waals surface area contributed by atoms with Crippen LogP contribution in [0.3, 0.4) is 0 Å². The highest BCUT2D eigenvalue weighted by Gasteiger charge is 2.18. The molecule has 0 radical (unpaired) electrons. The first-order chi connectivity index (χ1) is 8.16. The van der Waals surface area contributed by atoms with Gasteiger partial charge in [-0.3, -0.25) is 4.79 Å². The van der Waals surface area contributed by atoms with Crippen molar-refractivity contribution in [1.82, 2.24) is 4.90 Å². The minimum Gasteiger partial charge on any atom is -0.483 e. The number of nitrogens with zero attached hydrogens (tertiary/aromatic N) is 1. The number of carbonyl (C=O) groups is 1. The summed E-state index contributed by atoms with van der Waals surface area (Å²) in [5, 5.41) is 0. The molecule has 1 aliphatic rings. The van der Waals surface area contributed by atoms with E-state index in [1.165, 1.54) is 0 Å². The molecule has 92 valence electrons. The summed E-state index contributed by atoms with van der Waals surface area (Å²) in [6.45, 7) is 3.87. The van der Waals surface area contributed by atoms with Crippen LogP contribution < -0.4 is 4.74 Å². The standard InChI is InChI=1S/C13H16BrNO2/c1-10-8-11(14)4-5-12(10)17-9-13(16)15-6-2-3-7-15/h4-5,8H,2-3,6-7,9H2,1H3. The van der Waals surface area contributed by atoms with Gasteiger partial charge in [0.1, 0.15) is 5.75 Å². The lowest BCUT2D eigenvalue weighted by molar-refractivity contribution is -0.132. The second-order valence-electron chi connectivity index (χ2n) is 4.29. The van der Waals surface area contributed by atoms with E-state index in [1.54, 1.807) is 0 Å². The van der Waals surface area contributed by atoms with Gasteiger partial charge in [0.2, 0.25) is 0 Å². The van der Waals surface area contributed by atoms with Gasteiger partial charge >= 0.3 is 0 Å². The molecular weight excluding hydrogens is 282 g/mol. The lowest BCUT2D eigenvalue weighted by atomic mass is 10.2. The fraction of sp³-hybridized carbons (Fsp3) is 0.462. The predicted molar refractivity (Wildman–Crippen MR) is 70.2 cm³/mol. The lowest BCUT2D eigenvalue weighted by Crippen LogP contribution is -2.32. The number of likely N-dealkylation sites (tertiary alicyclic amines) is 1. The quantitative estimate of drug-likeness (QED) is 0.859. The summed E-state index contributed by atoms with van der Waals surface area (Å²) < 4.78 is 6.58. The van der Waals surface area contributed by atoms with E-state index in [0.29, 0.717) is 0 Å². The van der Waals surface area contributed by atoms with Gasteiger partial charge in [-0.1, -0.05) is 15.9 Å². The van der Waals surface area contributed by atoms with Gasteiger partial charge < -0.3 is 9.64 Å². The van der Waals surface area contributed by atoms with E-state index in [-0.39, 0.29) is 12.5 Å². The summed E-state index contributed by atoms with van der Waals surface area (Å²) in [5.41, 5.74) is 1.04. The third-order valence-corrected chi connectivity index (χ3v) is 3.44. The molecule has 1 heterocycles. The molecule has 1 aromatic carbocycles. The van der Waals surface area contributed by atoms with Crippen molar-refractivity contribution in [3.8, 4) is 5.75 Å². The van der Waals surface area contributed by atoms with Crippen LogP contribution in [0.1, 0.15) is 18.4 Å². The molecule has 0 N–H and O–H groups in total. The Kier molecular flexibility index (Phi) is 4.05. The van der Waals surface area contributed by atoms with Crippen molar-refractivity contribution in [3.05, 3.63) is 28.2 Å². The number of rotatable bonds is 3. The zero-order valence-corrected chi connectivity index (χ0v) is 11.5. The molecule has 0 unspecified atom stereocenters. The molecule has 3 nitrogen and oxygen atoms in total. The summed E-state index contributed by atoms with van der Waals surface area (Å²) in [5.74, 6) is 0.866. The minimum atomic E-state index is 0.0878. The monoisotopic (exact) mass is 297 g/mol. The molecule has 1 amide bonds. The van der Waals surface area contributed by atoms with Crippen molar-refractivity contribution in [1.29, 1.82) is 0 Å². The van der Waals surface area contributed by atoms with Gasteiger partial charge in [0.15, 0.2) is 6.61 Å². The van der Waals surface area contributed by atoms with Crippen LogP contribution in [0, 0.1) is 6.92 Å². The smallest absolute Gasteiger partial charge is 0.260 e. The first-order valence-electron chi connectivity index (χ1n) is 5.83. The van der Waals surface area contributed by atoms with E-state index in [9.17, 15) is 4.79 Å². The molecule has 2 rings (SSSR count). The fourth-order valence-electron chi connectivity index (χ4n) is 1.97. The molecule has 0 aliphatic carbocycles. The molecule has 4 heteroatoms. The summed E-state index contributed by atoms with van der Waals surface area (Å²) >= 11 is 3.40. The molecule has 0 bridgehead atoms. The van der Waals surface area contributed by atoms with E-state index in [4.69, 9.17) is 4.74 Å². The van der Waals surface area contributed by atoms with Crippen LogP contribution >= 0.6 is 15.9 Å². The van der Waals surface area contributed by atoms with Crippen LogP contribution in [-0.2, 0) is 4.79 Å². The zero-order valence-electron chi connectivity index (χ0n) is 9.91. The predicted octanol–water partition coefficient (Wildman–Crippen LogP) is 2.76. The van der Waals surface area contributed by atoms with Gasteiger partial charge in [-0.15, -0.1) is 0 Å². The van der Waals surface area contributed by atoms with Crippen LogP contribution in [0.15, 0.2) is 22.7 Å². The Balaban J connectivity index is 1.90. The molecule has 0 saturated carbocycles. The van der Waals surface area contributed by atoms with Crippen LogP contribution in [0.2, 0.25) is 0 Å². The number of hydrogen-bond donors (Lipinski definition) is 0. The Morgan fingerprint density at radius 2 is 2.12 bits per heavy atom. The first kappa shape index (κ1) is 12.4. The van der Waals surface area contributed by atoms with Crippen molar-refractivity contribution in [2.75, 3.05) is 19.7 Å². The van der Waals surface area contributed by atoms with Crippen LogP contribution in [0.4, 0.5) is 0 Å². The molecule has 0 atom stereocenters. The molecule has 1 aromatic rings. The fourth-order valence-corrected chi connectivity index (χ4v) is 2.45. The highest BCUT2D eigenvalue weighted by atomic mass is 79.9. The minimum absolute atomic E-state index is 0.0878. The van der Waals surface area contributed by atoms with Crippen molar-refractivity contribution >= 4 is 21.8 Å². The number of ether oxygens (including phenoxy) is 1. The zero-order chi connectivity index (χ0) is 12.3. The topological polar surface area (TPSA) is 29.5 Å². The maximum Gasteiger partial charge on any atom is 0.260 e. The van der Waals surface area contributed by atoms with Gasteiger partial charge in [-0.25, -0.2) is 0 Å². The van der Waals surface area contributed by atoms with Crippen molar-refractivity contribution in [2.24, 2.45) is 0 Å². The summed E-state index contributed by atoms with van der Waals surface area (Å²) in [6.07, 6.45) is 2.23. The van der Waals surface area contributed by atoms with Crippen LogP contribution in [0.25, 0.3) is 0 Å².